The van der Waals surface area contributed by atoms with Gasteiger partial charge in [-0.2, -0.15) is 16.9 Å². The van der Waals surface area contributed by atoms with Crippen molar-refractivity contribution in [3.63, 3.8) is 0 Å². The summed E-state index contributed by atoms with van der Waals surface area (Å²) >= 11 is 4.37. The Morgan fingerprint density at radius 3 is 2.27 bits per heavy atom. The zero-order valence-electron chi connectivity index (χ0n) is 19.7. The number of nitrogens with zero attached hydrogens (tertiary/aromatic N) is 2. The van der Waals surface area contributed by atoms with Crippen molar-refractivity contribution < 1.29 is 31.5 Å². The van der Waals surface area contributed by atoms with E-state index in [2.05, 4.69) is 18.1 Å². The first kappa shape index (κ1) is 27.1. The SMILES string of the molecule is Cc1ccc(S(=O)(=O)N(CC(=O)O)NC(=O)C2CC(S)CN2S(=O)(=O)c2ccc3ccccc3c2)cc1. The van der Waals surface area contributed by atoms with Crippen molar-refractivity contribution in [1.82, 2.24) is 14.1 Å². The number of carbonyl (C=O) groups is 2. The van der Waals surface area contributed by atoms with Crippen LogP contribution in [0.3, 0.4) is 0 Å². The van der Waals surface area contributed by atoms with E-state index in [0.29, 0.717) is 9.80 Å². The Hall–Kier alpha value is -2.97. The van der Waals surface area contributed by atoms with E-state index in [1.165, 1.54) is 36.4 Å². The predicted molar refractivity (Wildman–Crippen MR) is 140 cm³/mol. The fourth-order valence-corrected chi connectivity index (χ4v) is 7.48. The molecule has 0 aromatic heterocycles. The third-order valence-corrected chi connectivity index (χ3v) is 9.90. The summed E-state index contributed by atoms with van der Waals surface area (Å²) < 4.78 is 54.6. The molecule has 2 atom stereocenters. The van der Waals surface area contributed by atoms with E-state index in [9.17, 15) is 31.5 Å². The fraction of sp³-hybridized carbons (Fsp3) is 0.250. The fourth-order valence-electron chi connectivity index (χ4n) is 4.09. The van der Waals surface area contributed by atoms with Crippen LogP contribution in [0.5, 0.6) is 0 Å². The predicted octanol–water partition coefficient (Wildman–Crippen LogP) is 2.02. The molecule has 0 saturated carbocycles. The maximum atomic E-state index is 13.5. The lowest BCUT2D eigenvalue weighted by Crippen LogP contribution is -2.54. The molecule has 0 bridgehead atoms. The zero-order valence-corrected chi connectivity index (χ0v) is 22.2. The van der Waals surface area contributed by atoms with Crippen LogP contribution in [-0.4, -0.2) is 66.9 Å². The van der Waals surface area contributed by atoms with E-state index < -0.39 is 49.8 Å². The number of fused-ring (bicyclic) bond motifs is 1. The van der Waals surface area contributed by atoms with Crippen molar-refractivity contribution in [2.45, 2.75) is 34.4 Å². The van der Waals surface area contributed by atoms with Crippen LogP contribution in [-0.2, 0) is 29.6 Å². The highest BCUT2D eigenvalue weighted by Gasteiger charge is 2.44. The minimum absolute atomic E-state index is 0.00719. The Morgan fingerprint density at radius 2 is 1.62 bits per heavy atom. The molecule has 196 valence electrons. The number of thiol groups is 1. The van der Waals surface area contributed by atoms with Crippen LogP contribution in [0.15, 0.2) is 76.5 Å². The summed E-state index contributed by atoms with van der Waals surface area (Å²) in [7, 11) is -8.62. The van der Waals surface area contributed by atoms with Gasteiger partial charge in [-0.1, -0.05) is 52.4 Å². The lowest BCUT2D eigenvalue weighted by atomic mass is 10.1. The topological polar surface area (TPSA) is 141 Å². The molecule has 1 amide bonds. The van der Waals surface area contributed by atoms with Gasteiger partial charge in [-0.05, 0) is 48.4 Å². The van der Waals surface area contributed by atoms with Crippen LogP contribution < -0.4 is 5.43 Å². The number of amides is 1. The molecule has 2 unspecified atom stereocenters. The molecule has 0 spiro atoms. The number of benzene rings is 3. The summed E-state index contributed by atoms with van der Waals surface area (Å²) in [6.07, 6.45) is 0.00719. The maximum absolute atomic E-state index is 13.5. The Kier molecular flexibility index (Phi) is 7.62. The summed E-state index contributed by atoms with van der Waals surface area (Å²) in [5, 5.41) is 10.3. The molecular weight excluding hydrogens is 538 g/mol. The Balaban J connectivity index is 1.64. The zero-order chi connectivity index (χ0) is 27.0. The van der Waals surface area contributed by atoms with Gasteiger partial charge in [0.2, 0.25) is 10.0 Å². The molecule has 10 nitrogen and oxygen atoms in total. The minimum atomic E-state index is -4.45. The molecule has 1 saturated heterocycles. The third-order valence-electron chi connectivity index (χ3n) is 5.99. The van der Waals surface area contributed by atoms with Gasteiger partial charge in [0.05, 0.1) is 9.79 Å². The molecule has 37 heavy (non-hydrogen) atoms. The number of aliphatic carboxylic acids is 1. The molecule has 1 heterocycles. The van der Waals surface area contributed by atoms with Crippen molar-refractivity contribution >= 4 is 55.3 Å². The highest BCUT2D eigenvalue weighted by molar-refractivity contribution is 7.89. The first-order valence-electron chi connectivity index (χ1n) is 11.2. The van der Waals surface area contributed by atoms with Gasteiger partial charge in [0.25, 0.3) is 15.9 Å². The Bertz CT molecular complexity index is 1560. The molecule has 2 N–H and O–H groups in total. The van der Waals surface area contributed by atoms with Crippen LogP contribution in [0.2, 0.25) is 0 Å². The third kappa shape index (κ3) is 5.65. The molecule has 0 radical (unpaired) electrons. The number of rotatable bonds is 8. The molecule has 1 aliphatic rings. The van der Waals surface area contributed by atoms with E-state index in [0.717, 1.165) is 15.3 Å². The van der Waals surface area contributed by atoms with E-state index in [-0.39, 0.29) is 22.8 Å². The van der Waals surface area contributed by atoms with Gasteiger partial charge in [-0.25, -0.2) is 16.8 Å². The van der Waals surface area contributed by atoms with Crippen LogP contribution in [0.4, 0.5) is 0 Å². The van der Waals surface area contributed by atoms with Gasteiger partial charge in [0, 0.05) is 11.8 Å². The second kappa shape index (κ2) is 10.4. The van der Waals surface area contributed by atoms with E-state index in [4.69, 9.17) is 0 Å². The number of hydrazine groups is 1. The van der Waals surface area contributed by atoms with Crippen molar-refractivity contribution in [2.75, 3.05) is 13.1 Å². The van der Waals surface area contributed by atoms with Gasteiger partial charge in [0.15, 0.2) is 0 Å². The van der Waals surface area contributed by atoms with Gasteiger partial charge in [-0.15, -0.1) is 0 Å². The minimum Gasteiger partial charge on any atom is -0.480 e. The van der Waals surface area contributed by atoms with Crippen molar-refractivity contribution in [3.05, 3.63) is 72.3 Å². The quantitative estimate of drug-likeness (QED) is 0.281. The monoisotopic (exact) mass is 563 g/mol. The van der Waals surface area contributed by atoms with Crippen LogP contribution >= 0.6 is 12.6 Å². The number of hydrogen-bond acceptors (Lipinski definition) is 7. The summed E-state index contributed by atoms with van der Waals surface area (Å²) in [6.45, 7) is 0.613. The molecule has 0 aliphatic carbocycles. The molecule has 1 fully saturated rings. The second-order valence-corrected chi connectivity index (χ2v) is 13.2. The molecule has 3 aromatic carbocycles. The normalized spacial score (nSPS) is 18.8. The first-order valence-corrected chi connectivity index (χ1v) is 14.6. The van der Waals surface area contributed by atoms with Crippen LogP contribution in [0, 0.1) is 6.92 Å². The molecule has 4 rings (SSSR count). The van der Waals surface area contributed by atoms with Gasteiger partial charge < -0.3 is 5.11 Å². The Morgan fingerprint density at radius 1 is 1.00 bits per heavy atom. The molecule has 1 aliphatic heterocycles. The second-order valence-electron chi connectivity index (χ2n) is 8.68. The van der Waals surface area contributed by atoms with E-state index in [1.54, 1.807) is 25.1 Å². The van der Waals surface area contributed by atoms with Crippen molar-refractivity contribution in [2.24, 2.45) is 0 Å². The average Bonchev–Trinajstić information content (AvgIpc) is 3.26. The van der Waals surface area contributed by atoms with Crippen LogP contribution in [0.25, 0.3) is 10.8 Å². The molecular formula is C24H25N3O7S3. The van der Waals surface area contributed by atoms with Gasteiger partial charge in [0.1, 0.15) is 12.6 Å². The highest BCUT2D eigenvalue weighted by Crippen LogP contribution is 2.30. The summed E-state index contributed by atoms with van der Waals surface area (Å²) in [4.78, 5) is 24.5. The molecule has 13 heteroatoms. The largest absolute Gasteiger partial charge is 0.480 e. The Labute approximate surface area is 220 Å². The number of carboxylic acids is 1. The number of nitrogens with one attached hydrogen (secondary N) is 1. The number of aryl methyl sites for hydroxylation is 1. The lowest BCUT2D eigenvalue weighted by Gasteiger charge is -2.27. The van der Waals surface area contributed by atoms with E-state index >= 15 is 0 Å². The van der Waals surface area contributed by atoms with Gasteiger partial charge in [-0.3, -0.25) is 15.0 Å². The number of carboxylic acid groups (broad SMARTS) is 1. The highest BCUT2D eigenvalue weighted by atomic mass is 32.2. The van der Waals surface area contributed by atoms with E-state index in [1.807, 2.05) is 12.1 Å². The maximum Gasteiger partial charge on any atom is 0.320 e. The van der Waals surface area contributed by atoms with Crippen molar-refractivity contribution in [3.8, 4) is 0 Å². The standard InChI is InChI=1S/C24H25N3O7S3/c1-16-6-9-20(10-7-16)37(33,34)27(15-23(28)29)25-24(30)22-13-19(35)14-26(22)36(31,32)21-11-8-17-4-2-3-5-18(17)12-21/h2-12,19,22,35H,13-15H2,1H3,(H,25,30)(H,28,29). The average molecular weight is 564 g/mol. The first-order chi connectivity index (χ1) is 17.4. The van der Waals surface area contributed by atoms with Gasteiger partial charge >= 0.3 is 5.97 Å². The number of hydrogen-bond donors (Lipinski definition) is 3. The summed E-state index contributed by atoms with van der Waals surface area (Å²) in [6, 6.07) is 16.2. The summed E-state index contributed by atoms with van der Waals surface area (Å²) in [5.41, 5.74) is 2.92. The molecule has 3 aromatic rings. The van der Waals surface area contributed by atoms with Crippen LogP contribution in [0.1, 0.15) is 12.0 Å². The number of carbonyl (C=O) groups excluding carboxylic acids is 1. The number of sulfonamides is 2. The summed E-state index contributed by atoms with van der Waals surface area (Å²) in [5.74, 6) is -2.48. The smallest absolute Gasteiger partial charge is 0.320 e. The lowest BCUT2D eigenvalue weighted by molar-refractivity contribution is -0.138. The van der Waals surface area contributed by atoms with Crippen molar-refractivity contribution in [1.29, 1.82) is 0 Å².